The van der Waals surface area contributed by atoms with Crippen LogP contribution in [-0.4, -0.2) is 37.7 Å². The van der Waals surface area contributed by atoms with Gasteiger partial charge in [0.1, 0.15) is 5.82 Å². The van der Waals surface area contributed by atoms with Crippen LogP contribution in [0.4, 0.5) is 10.1 Å². The van der Waals surface area contributed by atoms with Gasteiger partial charge in [-0.05, 0) is 44.9 Å². The highest BCUT2D eigenvalue weighted by atomic mass is 19.1. The first-order valence-corrected chi connectivity index (χ1v) is 7.96. The quantitative estimate of drug-likeness (QED) is 0.878. The molecule has 1 aliphatic rings. The molecule has 2 rings (SSSR count). The van der Waals surface area contributed by atoms with E-state index in [1.165, 1.54) is 6.07 Å². The first-order valence-electron chi connectivity index (χ1n) is 7.96. The molecule has 1 aromatic carbocycles. The fourth-order valence-electron chi connectivity index (χ4n) is 2.64. The largest absolute Gasteiger partial charge is 0.378 e. The second-order valence-electron chi connectivity index (χ2n) is 5.98. The van der Waals surface area contributed by atoms with Crippen molar-refractivity contribution in [3.05, 3.63) is 30.1 Å². The van der Waals surface area contributed by atoms with Gasteiger partial charge in [-0.1, -0.05) is 6.07 Å². The van der Waals surface area contributed by atoms with Gasteiger partial charge >= 0.3 is 0 Å². The average Bonchev–Trinajstić information content (AvgIpc) is 2.47. The van der Waals surface area contributed by atoms with Gasteiger partial charge in [-0.25, -0.2) is 4.39 Å². The Labute approximate surface area is 131 Å². The van der Waals surface area contributed by atoms with Crippen molar-refractivity contribution >= 4 is 11.6 Å². The van der Waals surface area contributed by atoms with Crippen molar-refractivity contribution in [1.82, 2.24) is 5.32 Å². The van der Waals surface area contributed by atoms with Gasteiger partial charge in [-0.2, -0.15) is 0 Å². The van der Waals surface area contributed by atoms with E-state index in [0.29, 0.717) is 13.0 Å². The Bertz CT molecular complexity index is 485. The minimum Gasteiger partial charge on any atom is -0.378 e. The Morgan fingerprint density at radius 3 is 2.77 bits per heavy atom. The molecule has 4 nitrogen and oxygen atoms in total. The van der Waals surface area contributed by atoms with Crippen LogP contribution in [0.15, 0.2) is 24.3 Å². The highest BCUT2D eigenvalue weighted by Gasteiger charge is 2.21. The number of piperidine rings is 1. The van der Waals surface area contributed by atoms with Gasteiger partial charge < -0.3 is 15.0 Å². The topological polar surface area (TPSA) is 41.6 Å². The SMILES string of the molecule is CC(C)OCCC(=O)NC1CCN(c2cccc(F)c2)CC1. The molecule has 0 spiro atoms. The Hall–Kier alpha value is -1.62. The molecule has 0 aliphatic carbocycles. The number of carbonyl (C=O) groups excluding carboxylic acids is 1. The van der Waals surface area contributed by atoms with Crippen molar-refractivity contribution in [3.63, 3.8) is 0 Å². The number of ether oxygens (including phenoxy) is 1. The molecule has 1 fully saturated rings. The number of benzene rings is 1. The van der Waals surface area contributed by atoms with E-state index in [9.17, 15) is 9.18 Å². The van der Waals surface area contributed by atoms with Crippen molar-refractivity contribution in [2.75, 3.05) is 24.6 Å². The normalized spacial score (nSPS) is 16.1. The summed E-state index contributed by atoms with van der Waals surface area (Å²) in [4.78, 5) is 14.0. The number of amides is 1. The van der Waals surface area contributed by atoms with Gasteiger partial charge in [0, 0.05) is 31.2 Å². The zero-order valence-electron chi connectivity index (χ0n) is 13.3. The number of carbonyl (C=O) groups is 1. The summed E-state index contributed by atoms with van der Waals surface area (Å²) in [6.45, 7) is 6.04. The van der Waals surface area contributed by atoms with Crippen molar-refractivity contribution in [2.24, 2.45) is 0 Å². The molecule has 0 aromatic heterocycles. The summed E-state index contributed by atoms with van der Waals surface area (Å²) < 4.78 is 18.6. The number of halogens is 1. The predicted octanol–water partition coefficient (Wildman–Crippen LogP) is 2.73. The van der Waals surface area contributed by atoms with E-state index in [4.69, 9.17) is 4.74 Å². The lowest BCUT2D eigenvalue weighted by Gasteiger charge is -2.34. The number of hydrogen-bond donors (Lipinski definition) is 1. The smallest absolute Gasteiger partial charge is 0.222 e. The number of hydrogen-bond acceptors (Lipinski definition) is 3. The maximum Gasteiger partial charge on any atom is 0.222 e. The maximum atomic E-state index is 13.3. The van der Waals surface area contributed by atoms with Gasteiger partial charge in [-0.15, -0.1) is 0 Å². The van der Waals surface area contributed by atoms with Crippen LogP contribution in [0, 0.1) is 5.82 Å². The molecule has 122 valence electrons. The van der Waals surface area contributed by atoms with E-state index >= 15 is 0 Å². The maximum absolute atomic E-state index is 13.3. The van der Waals surface area contributed by atoms with Crippen LogP contribution in [0.3, 0.4) is 0 Å². The van der Waals surface area contributed by atoms with Crippen LogP contribution in [0.5, 0.6) is 0 Å². The van der Waals surface area contributed by atoms with Crippen LogP contribution >= 0.6 is 0 Å². The molecule has 5 heteroatoms. The molecular weight excluding hydrogens is 283 g/mol. The van der Waals surface area contributed by atoms with Crippen molar-refractivity contribution in [2.45, 2.75) is 45.3 Å². The molecule has 22 heavy (non-hydrogen) atoms. The van der Waals surface area contributed by atoms with Crippen LogP contribution in [0.25, 0.3) is 0 Å². The fourth-order valence-corrected chi connectivity index (χ4v) is 2.64. The molecule has 0 radical (unpaired) electrons. The monoisotopic (exact) mass is 308 g/mol. The first-order chi connectivity index (χ1) is 10.5. The summed E-state index contributed by atoms with van der Waals surface area (Å²) in [7, 11) is 0. The molecule has 0 saturated carbocycles. The zero-order chi connectivity index (χ0) is 15.9. The molecule has 0 bridgehead atoms. The number of nitrogens with zero attached hydrogens (tertiary/aromatic N) is 1. The third-order valence-electron chi connectivity index (χ3n) is 3.81. The standard InChI is InChI=1S/C17H25FN2O2/c1-13(2)22-11-8-17(21)19-15-6-9-20(10-7-15)16-5-3-4-14(18)12-16/h3-5,12-13,15H,6-11H2,1-2H3,(H,19,21). The van der Waals surface area contributed by atoms with Gasteiger partial charge in [-0.3, -0.25) is 4.79 Å². The van der Waals surface area contributed by atoms with Gasteiger partial charge in [0.15, 0.2) is 0 Å². The van der Waals surface area contributed by atoms with Gasteiger partial charge in [0.05, 0.1) is 12.7 Å². The van der Waals surface area contributed by atoms with Gasteiger partial charge in [0.25, 0.3) is 0 Å². The highest BCUT2D eigenvalue weighted by molar-refractivity contribution is 5.76. The van der Waals surface area contributed by atoms with E-state index in [1.807, 2.05) is 19.9 Å². The molecule has 0 unspecified atom stereocenters. The van der Waals surface area contributed by atoms with E-state index in [0.717, 1.165) is 31.6 Å². The molecule has 1 N–H and O–H groups in total. The van der Waals surface area contributed by atoms with E-state index < -0.39 is 0 Å². The predicted molar refractivity (Wildman–Crippen MR) is 85.5 cm³/mol. The van der Waals surface area contributed by atoms with Crippen molar-refractivity contribution < 1.29 is 13.9 Å². The number of rotatable bonds is 6. The third kappa shape index (κ3) is 5.30. The van der Waals surface area contributed by atoms with Crippen LogP contribution in [0.1, 0.15) is 33.1 Å². The summed E-state index contributed by atoms with van der Waals surface area (Å²) >= 11 is 0. The lowest BCUT2D eigenvalue weighted by Crippen LogP contribution is -2.45. The van der Waals surface area contributed by atoms with E-state index in [-0.39, 0.29) is 23.9 Å². The lowest BCUT2D eigenvalue weighted by atomic mass is 10.0. The van der Waals surface area contributed by atoms with Crippen molar-refractivity contribution in [1.29, 1.82) is 0 Å². The Kier molecular flexibility index (Phi) is 6.19. The molecule has 1 heterocycles. The Balaban J connectivity index is 1.72. The number of anilines is 1. The average molecular weight is 308 g/mol. The second-order valence-corrected chi connectivity index (χ2v) is 5.98. The zero-order valence-corrected chi connectivity index (χ0v) is 13.3. The summed E-state index contributed by atoms with van der Waals surface area (Å²) in [5, 5.41) is 3.06. The highest BCUT2D eigenvalue weighted by Crippen LogP contribution is 2.20. The van der Waals surface area contributed by atoms with Crippen LogP contribution in [0.2, 0.25) is 0 Å². The minimum atomic E-state index is -0.210. The second kappa shape index (κ2) is 8.13. The van der Waals surface area contributed by atoms with E-state index in [1.54, 1.807) is 12.1 Å². The summed E-state index contributed by atoms with van der Waals surface area (Å²) in [5.41, 5.74) is 0.912. The Morgan fingerprint density at radius 2 is 2.14 bits per heavy atom. The van der Waals surface area contributed by atoms with Crippen LogP contribution in [-0.2, 0) is 9.53 Å². The molecule has 1 aromatic rings. The summed E-state index contributed by atoms with van der Waals surface area (Å²) in [5.74, 6) is -0.164. The molecule has 1 saturated heterocycles. The molecule has 1 aliphatic heterocycles. The van der Waals surface area contributed by atoms with E-state index in [2.05, 4.69) is 10.2 Å². The first kappa shape index (κ1) is 16.7. The molecule has 1 amide bonds. The molecular formula is C17H25FN2O2. The minimum absolute atomic E-state index is 0.0462. The summed E-state index contributed by atoms with van der Waals surface area (Å²) in [6, 6.07) is 6.87. The third-order valence-corrected chi connectivity index (χ3v) is 3.81. The fraction of sp³-hybridized carbons (Fsp3) is 0.588. The summed E-state index contributed by atoms with van der Waals surface area (Å²) in [6.07, 6.45) is 2.32. The van der Waals surface area contributed by atoms with Crippen LogP contribution < -0.4 is 10.2 Å². The van der Waals surface area contributed by atoms with Crippen molar-refractivity contribution in [3.8, 4) is 0 Å². The molecule has 0 atom stereocenters. The van der Waals surface area contributed by atoms with Gasteiger partial charge in [0.2, 0.25) is 5.91 Å². The Morgan fingerprint density at radius 1 is 1.41 bits per heavy atom. The lowest BCUT2D eigenvalue weighted by molar-refractivity contribution is -0.123. The number of nitrogens with one attached hydrogen (secondary N) is 1.